The maximum absolute atomic E-state index is 9.71. The molecule has 1 aromatic heterocycles. The van der Waals surface area contributed by atoms with Crippen LogP contribution >= 0.6 is 23.4 Å². The fourth-order valence-corrected chi connectivity index (χ4v) is 2.30. The maximum atomic E-state index is 9.71. The summed E-state index contributed by atoms with van der Waals surface area (Å²) >= 11 is 7.45. The Morgan fingerprint density at radius 1 is 1.47 bits per heavy atom. The maximum Gasteiger partial charge on any atom is 0.0960 e. The second-order valence-electron chi connectivity index (χ2n) is 4.32. The Morgan fingerprint density at radius 3 is 2.82 bits per heavy atom. The van der Waals surface area contributed by atoms with Gasteiger partial charge in [-0.1, -0.05) is 11.6 Å². The predicted octanol–water partition coefficient (Wildman–Crippen LogP) is 2.71. The normalized spacial score (nSPS) is 14.6. The first-order valence-corrected chi connectivity index (χ1v) is 7.07. The van der Waals surface area contributed by atoms with Gasteiger partial charge >= 0.3 is 0 Å². The van der Waals surface area contributed by atoms with Gasteiger partial charge in [0.1, 0.15) is 0 Å². The average molecular weight is 275 g/mol. The van der Waals surface area contributed by atoms with Gasteiger partial charge in [0.05, 0.1) is 15.6 Å². The molecule has 0 aliphatic rings. The van der Waals surface area contributed by atoms with Gasteiger partial charge in [-0.05, 0) is 44.1 Å². The first-order chi connectivity index (χ1) is 8.03. The molecule has 1 atom stereocenters. The lowest BCUT2D eigenvalue weighted by atomic mass is 10.00. The monoisotopic (exact) mass is 274 g/mol. The molecule has 0 saturated heterocycles. The number of nitrogens with zero attached hydrogens (tertiary/aromatic N) is 1. The second kappa shape index (κ2) is 7.21. The second-order valence-corrected chi connectivity index (χ2v) is 5.87. The van der Waals surface area contributed by atoms with E-state index in [1.807, 2.05) is 12.1 Å². The third kappa shape index (κ3) is 6.27. The number of aliphatic hydroxyl groups is 1. The summed E-state index contributed by atoms with van der Waals surface area (Å²) in [6, 6.07) is 3.76. The zero-order chi connectivity index (χ0) is 12.7. The molecule has 0 amide bonds. The molecule has 0 saturated carbocycles. The minimum absolute atomic E-state index is 0.318. The van der Waals surface area contributed by atoms with Crippen molar-refractivity contribution in [1.82, 2.24) is 4.98 Å². The number of thioether (sulfide) groups is 1. The Bertz CT molecular complexity index is 330. The molecule has 0 aliphatic carbocycles. The lowest BCUT2D eigenvalue weighted by Crippen LogP contribution is -2.33. The molecule has 3 N–H and O–H groups in total. The lowest BCUT2D eigenvalue weighted by Gasteiger charge is -2.20. The van der Waals surface area contributed by atoms with Gasteiger partial charge in [-0.25, -0.2) is 4.98 Å². The van der Waals surface area contributed by atoms with E-state index in [-0.39, 0.29) is 0 Å². The van der Waals surface area contributed by atoms with E-state index < -0.39 is 5.60 Å². The van der Waals surface area contributed by atoms with E-state index in [1.54, 1.807) is 24.9 Å². The Hall–Kier alpha value is -0.290. The molecule has 96 valence electrons. The van der Waals surface area contributed by atoms with Crippen LogP contribution in [0.4, 0.5) is 0 Å². The molecule has 1 aromatic rings. The number of aromatic nitrogens is 1. The van der Waals surface area contributed by atoms with Crippen molar-refractivity contribution in [2.45, 2.75) is 36.8 Å². The van der Waals surface area contributed by atoms with Crippen molar-refractivity contribution < 1.29 is 5.11 Å². The van der Waals surface area contributed by atoms with Gasteiger partial charge in [-0.3, -0.25) is 0 Å². The number of unbranched alkanes of at least 4 members (excludes halogenated alkanes) is 1. The van der Waals surface area contributed by atoms with Crippen LogP contribution in [0.15, 0.2) is 23.4 Å². The van der Waals surface area contributed by atoms with Crippen molar-refractivity contribution >= 4 is 23.4 Å². The van der Waals surface area contributed by atoms with Crippen LogP contribution in [0.3, 0.4) is 0 Å². The molecule has 1 rings (SSSR count). The summed E-state index contributed by atoms with van der Waals surface area (Å²) in [5.74, 6) is 0.995. The van der Waals surface area contributed by atoms with Gasteiger partial charge in [0.25, 0.3) is 0 Å². The van der Waals surface area contributed by atoms with E-state index in [1.165, 1.54) is 0 Å². The minimum atomic E-state index is -0.719. The quantitative estimate of drug-likeness (QED) is 0.593. The fraction of sp³-hybridized carbons (Fsp3) is 0.583. The van der Waals surface area contributed by atoms with E-state index in [2.05, 4.69) is 4.98 Å². The summed E-state index contributed by atoms with van der Waals surface area (Å²) in [6.07, 6.45) is 4.43. The summed E-state index contributed by atoms with van der Waals surface area (Å²) in [6.45, 7) is 2.10. The molecule has 0 aliphatic heterocycles. The lowest BCUT2D eigenvalue weighted by molar-refractivity contribution is 0.0577. The number of pyridine rings is 1. The van der Waals surface area contributed by atoms with Crippen LogP contribution < -0.4 is 5.73 Å². The summed E-state index contributed by atoms with van der Waals surface area (Å²) in [5, 5.41) is 11.4. The van der Waals surface area contributed by atoms with E-state index in [4.69, 9.17) is 17.3 Å². The average Bonchev–Trinajstić information content (AvgIpc) is 2.31. The van der Waals surface area contributed by atoms with Crippen LogP contribution in [0.2, 0.25) is 5.02 Å². The molecule has 17 heavy (non-hydrogen) atoms. The number of halogens is 1. The molecule has 0 aromatic carbocycles. The largest absolute Gasteiger partial charge is 0.389 e. The molecule has 3 nitrogen and oxygen atoms in total. The standard InChI is InChI=1S/C12H19ClN2OS/c1-12(16,9-14)6-2-3-7-17-11-5-4-10(13)8-15-11/h4-5,8,16H,2-3,6-7,9,14H2,1H3. The van der Waals surface area contributed by atoms with Crippen LogP contribution in [-0.4, -0.2) is 28.0 Å². The minimum Gasteiger partial charge on any atom is -0.389 e. The zero-order valence-electron chi connectivity index (χ0n) is 10.0. The van der Waals surface area contributed by atoms with Gasteiger partial charge in [-0.15, -0.1) is 11.8 Å². The molecule has 0 fully saturated rings. The van der Waals surface area contributed by atoms with Crippen molar-refractivity contribution in [3.63, 3.8) is 0 Å². The SMILES string of the molecule is CC(O)(CN)CCCCSc1ccc(Cl)cn1. The van der Waals surface area contributed by atoms with Crippen molar-refractivity contribution in [1.29, 1.82) is 0 Å². The number of rotatable bonds is 7. The molecular weight excluding hydrogens is 256 g/mol. The van der Waals surface area contributed by atoms with Gasteiger partial charge in [0.15, 0.2) is 0 Å². The van der Waals surface area contributed by atoms with Gasteiger partial charge in [0, 0.05) is 12.7 Å². The van der Waals surface area contributed by atoms with Gasteiger partial charge in [0.2, 0.25) is 0 Å². The van der Waals surface area contributed by atoms with Crippen LogP contribution in [0, 0.1) is 0 Å². The highest BCUT2D eigenvalue weighted by Gasteiger charge is 2.16. The molecule has 0 bridgehead atoms. The van der Waals surface area contributed by atoms with Gasteiger partial charge < -0.3 is 10.8 Å². The Labute approximate surface area is 112 Å². The number of nitrogens with two attached hydrogens (primary N) is 1. The van der Waals surface area contributed by atoms with E-state index >= 15 is 0 Å². The van der Waals surface area contributed by atoms with Gasteiger partial charge in [-0.2, -0.15) is 0 Å². The van der Waals surface area contributed by atoms with E-state index in [0.717, 1.165) is 30.0 Å². The van der Waals surface area contributed by atoms with Crippen molar-refractivity contribution in [2.24, 2.45) is 5.73 Å². The third-order valence-electron chi connectivity index (χ3n) is 2.50. The smallest absolute Gasteiger partial charge is 0.0960 e. The highest BCUT2D eigenvalue weighted by molar-refractivity contribution is 7.99. The Morgan fingerprint density at radius 2 is 2.24 bits per heavy atom. The van der Waals surface area contributed by atoms with Crippen LogP contribution in [0.25, 0.3) is 0 Å². The predicted molar refractivity (Wildman–Crippen MR) is 73.5 cm³/mol. The fourth-order valence-electron chi connectivity index (χ4n) is 1.33. The Kier molecular flexibility index (Phi) is 6.27. The van der Waals surface area contributed by atoms with E-state index in [0.29, 0.717) is 11.6 Å². The molecule has 5 heteroatoms. The van der Waals surface area contributed by atoms with Crippen molar-refractivity contribution in [3.05, 3.63) is 23.4 Å². The highest BCUT2D eigenvalue weighted by Crippen LogP contribution is 2.20. The first kappa shape index (κ1) is 14.8. The topological polar surface area (TPSA) is 59.1 Å². The third-order valence-corrected chi connectivity index (χ3v) is 3.75. The first-order valence-electron chi connectivity index (χ1n) is 5.70. The molecule has 0 radical (unpaired) electrons. The molecule has 1 heterocycles. The zero-order valence-corrected chi connectivity index (χ0v) is 11.6. The molecule has 1 unspecified atom stereocenters. The molecule has 0 spiro atoms. The summed E-state index contributed by atoms with van der Waals surface area (Å²) < 4.78 is 0. The number of hydrogen-bond acceptors (Lipinski definition) is 4. The van der Waals surface area contributed by atoms with Crippen molar-refractivity contribution in [2.75, 3.05) is 12.3 Å². The summed E-state index contributed by atoms with van der Waals surface area (Å²) in [7, 11) is 0. The van der Waals surface area contributed by atoms with Crippen LogP contribution in [0.5, 0.6) is 0 Å². The highest BCUT2D eigenvalue weighted by atomic mass is 35.5. The number of hydrogen-bond donors (Lipinski definition) is 2. The van der Waals surface area contributed by atoms with Crippen molar-refractivity contribution in [3.8, 4) is 0 Å². The van der Waals surface area contributed by atoms with Crippen LogP contribution in [0.1, 0.15) is 26.2 Å². The Balaban J connectivity index is 2.14. The van der Waals surface area contributed by atoms with Crippen LogP contribution in [-0.2, 0) is 0 Å². The molecular formula is C12H19ClN2OS. The summed E-state index contributed by atoms with van der Waals surface area (Å²) in [5.41, 5.74) is 4.73. The van der Waals surface area contributed by atoms with E-state index in [9.17, 15) is 5.11 Å². The summed E-state index contributed by atoms with van der Waals surface area (Å²) in [4.78, 5) is 4.20.